The zero-order chi connectivity index (χ0) is 14.5. The fourth-order valence-corrected chi connectivity index (χ4v) is 2.34. The number of benzene rings is 1. The van der Waals surface area contributed by atoms with Gasteiger partial charge in [0.1, 0.15) is 11.0 Å². The molecule has 0 radical (unpaired) electrons. The Bertz CT molecular complexity index is 522. The van der Waals surface area contributed by atoms with Gasteiger partial charge in [-0.25, -0.2) is 8.42 Å². The number of ether oxygens (including phenoxy) is 1. The second kappa shape index (κ2) is 6.56. The van der Waals surface area contributed by atoms with Gasteiger partial charge in [0.25, 0.3) is 0 Å². The molecule has 0 aromatic heterocycles. The molecule has 1 aromatic rings. The molecule has 0 spiro atoms. The van der Waals surface area contributed by atoms with E-state index in [2.05, 4.69) is 5.32 Å². The maximum atomic E-state index is 11.8. The third-order valence-electron chi connectivity index (χ3n) is 2.74. The topological polar surface area (TPSA) is 72.5 Å². The van der Waals surface area contributed by atoms with Crippen molar-refractivity contribution in [3.8, 4) is 5.75 Å². The van der Waals surface area contributed by atoms with Crippen LogP contribution >= 0.6 is 0 Å². The Kier molecular flexibility index (Phi) is 5.35. The molecule has 106 valence electrons. The van der Waals surface area contributed by atoms with E-state index in [4.69, 9.17) is 4.74 Å². The number of carbonyl (C=O) groups is 1. The van der Waals surface area contributed by atoms with E-state index in [9.17, 15) is 13.2 Å². The Hall–Kier alpha value is -1.56. The second-order valence-electron chi connectivity index (χ2n) is 4.04. The minimum absolute atomic E-state index is 0.0507. The second-order valence-corrected chi connectivity index (χ2v) is 6.65. The summed E-state index contributed by atoms with van der Waals surface area (Å²) < 4.78 is 28.5. The molecular formula is C13H19NO4S. The molecule has 0 bridgehead atoms. The number of anilines is 1. The van der Waals surface area contributed by atoms with E-state index in [1.807, 2.05) is 6.92 Å². The molecule has 1 N–H and O–H groups in total. The summed E-state index contributed by atoms with van der Waals surface area (Å²) in [4.78, 5) is 11.8. The van der Waals surface area contributed by atoms with Crippen molar-refractivity contribution < 1.29 is 17.9 Å². The van der Waals surface area contributed by atoms with Gasteiger partial charge in [-0.05, 0) is 38.1 Å². The van der Waals surface area contributed by atoms with Crippen molar-refractivity contribution in [2.24, 2.45) is 0 Å². The number of sulfone groups is 1. The quantitative estimate of drug-likeness (QED) is 0.865. The van der Waals surface area contributed by atoms with Crippen molar-refractivity contribution in [1.29, 1.82) is 0 Å². The molecule has 1 amide bonds. The van der Waals surface area contributed by atoms with Crippen LogP contribution in [0.3, 0.4) is 0 Å². The first-order valence-electron chi connectivity index (χ1n) is 6.16. The molecule has 0 saturated heterocycles. The molecule has 1 aromatic carbocycles. The number of hydrogen-bond donors (Lipinski definition) is 1. The van der Waals surface area contributed by atoms with Gasteiger partial charge in [-0.3, -0.25) is 4.79 Å². The van der Waals surface area contributed by atoms with E-state index >= 15 is 0 Å². The summed E-state index contributed by atoms with van der Waals surface area (Å²) >= 11 is 0. The van der Waals surface area contributed by atoms with Gasteiger partial charge in [-0.15, -0.1) is 0 Å². The van der Waals surface area contributed by atoms with Gasteiger partial charge in [0.2, 0.25) is 5.91 Å². The lowest BCUT2D eigenvalue weighted by Crippen LogP contribution is -2.33. The Balaban J connectivity index is 2.72. The Morgan fingerprint density at radius 1 is 1.26 bits per heavy atom. The molecule has 0 aliphatic heterocycles. The molecule has 0 aliphatic rings. The van der Waals surface area contributed by atoms with E-state index in [1.54, 1.807) is 24.3 Å². The van der Waals surface area contributed by atoms with Crippen molar-refractivity contribution in [2.75, 3.05) is 17.7 Å². The molecule has 19 heavy (non-hydrogen) atoms. The molecular weight excluding hydrogens is 266 g/mol. The first-order chi connectivity index (χ1) is 8.90. The monoisotopic (exact) mass is 285 g/mol. The molecule has 0 unspecified atom stereocenters. The van der Waals surface area contributed by atoms with Crippen molar-refractivity contribution >= 4 is 21.4 Å². The Morgan fingerprint density at radius 2 is 1.84 bits per heavy atom. The van der Waals surface area contributed by atoms with Gasteiger partial charge < -0.3 is 10.1 Å². The van der Waals surface area contributed by atoms with Crippen LogP contribution in [-0.2, 0) is 14.6 Å². The van der Waals surface area contributed by atoms with Gasteiger partial charge in [-0.1, -0.05) is 6.92 Å². The predicted molar refractivity (Wildman–Crippen MR) is 75.2 cm³/mol. The predicted octanol–water partition coefficient (Wildman–Crippen LogP) is 1.85. The molecule has 0 fully saturated rings. The van der Waals surface area contributed by atoms with Crippen LogP contribution < -0.4 is 10.1 Å². The van der Waals surface area contributed by atoms with Crippen LogP contribution in [0.4, 0.5) is 5.69 Å². The number of carbonyl (C=O) groups excluding carboxylic acids is 1. The maximum Gasteiger partial charge on any atom is 0.242 e. The fraction of sp³-hybridized carbons (Fsp3) is 0.462. The van der Waals surface area contributed by atoms with Gasteiger partial charge in [0, 0.05) is 11.4 Å². The van der Waals surface area contributed by atoms with Crippen LogP contribution in [0.5, 0.6) is 5.75 Å². The highest BCUT2D eigenvalue weighted by Gasteiger charge is 2.26. The summed E-state index contributed by atoms with van der Waals surface area (Å²) in [5, 5.41) is 1.53. The zero-order valence-corrected chi connectivity index (χ0v) is 12.2. The van der Waals surface area contributed by atoms with Crippen LogP contribution in [0.15, 0.2) is 24.3 Å². The van der Waals surface area contributed by atoms with E-state index in [1.165, 1.54) is 13.8 Å². The third-order valence-corrected chi connectivity index (χ3v) is 4.84. The first-order valence-corrected chi connectivity index (χ1v) is 7.87. The summed E-state index contributed by atoms with van der Waals surface area (Å²) in [6.45, 7) is 5.36. The first kappa shape index (κ1) is 15.5. The van der Waals surface area contributed by atoms with E-state index < -0.39 is 21.0 Å². The van der Waals surface area contributed by atoms with Gasteiger partial charge in [-0.2, -0.15) is 0 Å². The lowest BCUT2D eigenvalue weighted by molar-refractivity contribution is -0.115. The normalized spacial score (nSPS) is 12.8. The summed E-state index contributed by atoms with van der Waals surface area (Å²) in [5.41, 5.74) is 0.548. The van der Waals surface area contributed by atoms with Crippen molar-refractivity contribution in [2.45, 2.75) is 26.0 Å². The van der Waals surface area contributed by atoms with Crippen LogP contribution in [0.1, 0.15) is 20.8 Å². The molecule has 6 heteroatoms. The zero-order valence-electron chi connectivity index (χ0n) is 11.3. The highest BCUT2D eigenvalue weighted by Crippen LogP contribution is 2.16. The van der Waals surface area contributed by atoms with Gasteiger partial charge in [0.05, 0.1) is 6.61 Å². The highest BCUT2D eigenvalue weighted by atomic mass is 32.2. The summed E-state index contributed by atoms with van der Waals surface area (Å²) in [6, 6.07) is 6.79. The van der Waals surface area contributed by atoms with Crippen LogP contribution in [0.2, 0.25) is 0 Å². The SMILES string of the molecule is CCOc1ccc(NC(=O)[C@H](C)S(=O)(=O)CC)cc1. The third kappa shape index (κ3) is 4.24. The molecule has 1 rings (SSSR count). The standard InChI is InChI=1S/C13H19NO4S/c1-4-18-12-8-6-11(7-9-12)14-13(15)10(3)19(16,17)5-2/h6-10H,4-5H2,1-3H3,(H,14,15)/t10-/m0/s1. The van der Waals surface area contributed by atoms with Crippen LogP contribution in [0.25, 0.3) is 0 Å². The minimum Gasteiger partial charge on any atom is -0.494 e. The van der Waals surface area contributed by atoms with Crippen molar-refractivity contribution in [3.63, 3.8) is 0 Å². The smallest absolute Gasteiger partial charge is 0.242 e. The van der Waals surface area contributed by atoms with E-state index in [-0.39, 0.29) is 5.75 Å². The minimum atomic E-state index is -3.37. The molecule has 0 heterocycles. The lowest BCUT2D eigenvalue weighted by Gasteiger charge is -2.12. The Morgan fingerprint density at radius 3 is 2.32 bits per heavy atom. The van der Waals surface area contributed by atoms with Gasteiger partial charge in [0.15, 0.2) is 9.84 Å². The maximum absolute atomic E-state index is 11.8. The largest absolute Gasteiger partial charge is 0.494 e. The number of hydrogen-bond acceptors (Lipinski definition) is 4. The van der Waals surface area contributed by atoms with Crippen LogP contribution in [-0.4, -0.2) is 31.9 Å². The Labute approximate surface area is 113 Å². The average Bonchev–Trinajstić information content (AvgIpc) is 2.40. The summed E-state index contributed by atoms with van der Waals surface area (Å²) in [6.07, 6.45) is 0. The van der Waals surface area contributed by atoms with E-state index in [0.29, 0.717) is 18.0 Å². The van der Waals surface area contributed by atoms with Crippen molar-refractivity contribution in [3.05, 3.63) is 24.3 Å². The number of nitrogens with one attached hydrogen (secondary N) is 1. The summed E-state index contributed by atoms with van der Waals surface area (Å²) in [7, 11) is -3.37. The molecule has 0 saturated carbocycles. The fourth-order valence-electron chi connectivity index (χ4n) is 1.46. The summed E-state index contributed by atoms with van der Waals surface area (Å²) in [5.74, 6) is 0.131. The number of rotatable bonds is 6. The van der Waals surface area contributed by atoms with E-state index in [0.717, 1.165) is 0 Å². The highest BCUT2D eigenvalue weighted by molar-refractivity contribution is 7.92. The molecule has 1 atom stereocenters. The molecule has 5 nitrogen and oxygen atoms in total. The molecule has 0 aliphatic carbocycles. The average molecular weight is 285 g/mol. The van der Waals surface area contributed by atoms with Gasteiger partial charge >= 0.3 is 0 Å². The number of amides is 1. The lowest BCUT2D eigenvalue weighted by atomic mass is 10.3. The van der Waals surface area contributed by atoms with Crippen molar-refractivity contribution in [1.82, 2.24) is 0 Å². The van der Waals surface area contributed by atoms with Crippen LogP contribution in [0, 0.1) is 0 Å².